The van der Waals surface area contributed by atoms with Gasteiger partial charge in [0.15, 0.2) is 10.9 Å². The van der Waals surface area contributed by atoms with Crippen LogP contribution in [0.3, 0.4) is 0 Å². The van der Waals surface area contributed by atoms with Crippen molar-refractivity contribution < 1.29 is 22.8 Å². The molecule has 3 rings (SSSR count). The molecule has 0 N–H and O–H groups in total. The smallest absolute Gasteiger partial charge is 0.289 e. The first-order chi connectivity index (χ1) is 13.8. The van der Waals surface area contributed by atoms with Gasteiger partial charge in [-0.05, 0) is 30.4 Å². The molecule has 148 valence electrons. The van der Waals surface area contributed by atoms with Crippen LogP contribution in [0.2, 0.25) is 0 Å². The second-order valence-corrected chi connectivity index (χ2v) is 6.86. The summed E-state index contributed by atoms with van der Waals surface area (Å²) in [6.45, 7) is 1.25. The summed E-state index contributed by atoms with van der Waals surface area (Å²) in [7, 11) is 0. The molecule has 0 spiro atoms. The van der Waals surface area contributed by atoms with Crippen molar-refractivity contribution in [3.63, 3.8) is 0 Å². The van der Waals surface area contributed by atoms with Crippen LogP contribution in [-0.2, 0) is 11.0 Å². The molecule has 0 radical (unpaired) electrons. The molecule has 29 heavy (non-hydrogen) atoms. The first-order valence-corrected chi connectivity index (χ1v) is 9.34. The van der Waals surface area contributed by atoms with Crippen molar-refractivity contribution in [1.29, 1.82) is 0 Å². The van der Waals surface area contributed by atoms with Gasteiger partial charge in [-0.1, -0.05) is 36.4 Å². The van der Waals surface area contributed by atoms with Gasteiger partial charge in [-0.3, -0.25) is 14.5 Å². The molecule has 8 heteroatoms. The van der Waals surface area contributed by atoms with Gasteiger partial charge < -0.3 is 0 Å². The molecule has 3 aromatic rings. The number of hydrogen-bond donors (Lipinski definition) is 0. The highest BCUT2D eigenvalue weighted by molar-refractivity contribution is 7.14. The Balaban J connectivity index is 1.86. The molecule has 0 aliphatic carbocycles. The van der Waals surface area contributed by atoms with E-state index in [2.05, 4.69) is 4.98 Å². The number of benzene rings is 2. The molecule has 1 heterocycles. The van der Waals surface area contributed by atoms with Crippen molar-refractivity contribution >= 4 is 39.9 Å². The van der Waals surface area contributed by atoms with Crippen molar-refractivity contribution in [2.24, 2.45) is 0 Å². The van der Waals surface area contributed by atoms with E-state index in [1.165, 1.54) is 31.2 Å². The number of carbonyl (C=O) groups excluding carboxylic acids is 2. The number of nitrogens with zero attached hydrogens (tertiary/aromatic N) is 2. The number of allylic oxidation sites excluding steroid dienone is 1. The first kappa shape index (κ1) is 20.5. The monoisotopic (exact) mass is 416 g/mol. The largest absolute Gasteiger partial charge is 0.416 e. The van der Waals surface area contributed by atoms with Gasteiger partial charge in [-0.15, -0.1) is 11.3 Å². The third kappa shape index (κ3) is 4.97. The topological polar surface area (TPSA) is 50.3 Å². The summed E-state index contributed by atoms with van der Waals surface area (Å²) in [5, 5.41) is 1.83. The number of amides is 1. The average Bonchev–Trinajstić information content (AvgIpc) is 3.14. The highest BCUT2D eigenvalue weighted by atomic mass is 32.1. The van der Waals surface area contributed by atoms with Crippen molar-refractivity contribution in [3.8, 4) is 0 Å². The van der Waals surface area contributed by atoms with Crippen LogP contribution in [0, 0.1) is 0 Å². The van der Waals surface area contributed by atoms with Gasteiger partial charge in [-0.25, -0.2) is 4.98 Å². The minimum Gasteiger partial charge on any atom is -0.289 e. The molecule has 1 amide bonds. The summed E-state index contributed by atoms with van der Waals surface area (Å²) in [5.41, 5.74) is 0.157. The number of ketones is 1. The minimum atomic E-state index is -4.52. The van der Waals surface area contributed by atoms with E-state index in [0.29, 0.717) is 11.3 Å². The lowest BCUT2D eigenvalue weighted by Gasteiger charge is -2.19. The SMILES string of the molecule is CC(=O)N(c1cccc(C(F)(F)F)c1)c1nc(/C=C\C(=O)c2ccccc2)cs1. The highest BCUT2D eigenvalue weighted by Gasteiger charge is 2.31. The maximum atomic E-state index is 13.0. The van der Waals surface area contributed by atoms with E-state index in [9.17, 15) is 22.8 Å². The Kier molecular flexibility index (Phi) is 5.93. The molecule has 0 fully saturated rings. The number of halogens is 3. The Labute approximate surface area is 168 Å². The van der Waals surface area contributed by atoms with E-state index in [-0.39, 0.29) is 16.6 Å². The summed E-state index contributed by atoms with van der Waals surface area (Å²) < 4.78 is 39.0. The zero-order chi connectivity index (χ0) is 21.0. The van der Waals surface area contributed by atoms with Gasteiger partial charge in [0.2, 0.25) is 5.91 Å². The molecule has 0 aliphatic heterocycles. The number of alkyl halides is 3. The molecule has 2 aromatic carbocycles. The van der Waals surface area contributed by atoms with E-state index in [1.807, 2.05) is 0 Å². The van der Waals surface area contributed by atoms with Crippen LogP contribution >= 0.6 is 11.3 Å². The summed E-state index contributed by atoms with van der Waals surface area (Å²) in [6, 6.07) is 13.2. The standard InChI is InChI=1S/C21H15F3N2O2S/c1-14(27)26(18-9-5-8-16(12-18)21(22,23)24)20-25-17(13-29-20)10-11-19(28)15-6-3-2-4-7-15/h2-13H,1H3/b11-10-. The van der Waals surface area contributed by atoms with Gasteiger partial charge in [-0.2, -0.15) is 13.2 Å². The third-order valence-corrected chi connectivity index (χ3v) is 4.76. The molecule has 0 bridgehead atoms. The fourth-order valence-electron chi connectivity index (χ4n) is 2.56. The number of carbonyl (C=O) groups is 2. The van der Waals surface area contributed by atoms with Crippen molar-refractivity contribution in [2.45, 2.75) is 13.1 Å². The van der Waals surface area contributed by atoms with E-state index < -0.39 is 17.6 Å². The quantitative estimate of drug-likeness (QED) is 0.394. The minimum absolute atomic E-state index is 0.0672. The number of aromatic nitrogens is 1. The summed E-state index contributed by atoms with van der Waals surface area (Å²) in [6.07, 6.45) is -1.66. The van der Waals surface area contributed by atoms with E-state index >= 15 is 0 Å². The number of thiazole rings is 1. The zero-order valence-corrected chi connectivity index (χ0v) is 16.0. The Hall–Kier alpha value is -3.26. The van der Waals surface area contributed by atoms with Gasteiger partial charge in [0.05, 0.1) is 16.9 Å². The first-order valence-electron chi connectivity index (χ1n) is 8.46. The maximum absolute atomic E-state index is 13.0. The fraction of sp³-hybridized carbons (Fsp3) is 0.0952. The lowest BCUT2D eigenvalue weighted by molar-refractivity contribution is -0.137. The van der Waals surface area contributed by atoms with Crippen LogP contribution in [0.4, 0.5) is 24.0 Å². The summed E-state index contributed by atoms with van der Waals surface area (Å²) in [5.74, 6) is -0.684. The highest BCUT2D eigenvalue weighted by Crippen LogP contribution is 2.35. The van der Waals surface area contributed by atoms with Gasteiger partial charge in [0.1, 0.15) is 0 Å². The lowest BCUT2D eigenvalue weighted by Crippen LogP contribution is -2.23. The normalized spacial score (nSPS) is 11.6. The molecule has 0 aliphatic rings. The van der Waals surface area contributed by atoms with Crippen molar-refractivity contribution in [1.82, 2.24) is 4.98 Å². The van der Waals surface area contributed by atoms with Crippen LogP contribution in [0.5, 0.6) is 0 Å². The predicted molar refractivity (Wildman–Crippen MR) is 106 cm³/mol. The van der Waals surface area contributed by atoms with Gasteiger partial charge in [0.25, 0.3) is 0 Å². The van der Waals surface area contributed by atoms with Crippen molar-refractivity contribution in [3.05, 3.63) is 82.9 Å². The maximum Gasteiger partial charge on any atom is 0.416 e. The molecular weight excluding hydrogens is 401 g/mol. The predicted octanol–water partition coefficient (Wildman–Crippen LogP) is 5.74. The zero-order valence-electron chi connectivity index (χ0n) is 15.2. The van der Waals surface area contributed by atoms with Crippen LogP contribution in [-0.4, -0.2) is 16.7 Å². The van der Waals surface area contributed by atoms with Crippen LogP contribution in [0.15, 0.2) is 66.1 Å². The van der Waals surface area contributed by atoms with Crippen LogP contribution in [0.25, 0.3) is 6.08 Å². The number of anilines is 2. The molecular formula is C21H15F3N2O2S. The molecule has 1 aromatic heterocycles. The summed E-state index contributed by atoms with van der Waals surface area (Å²) >= 11 is 1.09. The Morgan fingerprint density at radius 2 is 1.79 bits per heavy atom. The lowest BCUT2D eigenvalue weighted by atomic mass is 10.1. The molecule has 0 saturated carbocycles. The average molecular weight is 416 g/mol. The van der Waals surface area contributed by atoms with Crippen LogP contribution < -0.4 is 4.90 Å². The van der Waals surface area contributed by atoms with Gasteiger partial charge >= 0.3 is 6.18 Å². The fourth-order valence-corrected chi connectivity index (χ4v) is 3.42. The Morgan fingerprint density at radius 1 is 1.07 bits per heavy atom. The number of hydrogen-bond acceptors (Lipinski definition) is 4. The Morgan fingerprint density at radius 3 is 2.45 bits per heavy atom. The summed E-state index contributed by atoms with van der Waals surface area (Å²) in [4.78, 5) is 29.6. The third-order valence-electron chi connectivity index (χ3n) is 3.91. The second-order valence-electron chi connectivity index (χ2n) is 6.02. The molecule has 4 nitrogen and oxygen atoms in total. The van der Waals surface area contributed by atoms with Gasteiger partial charge in [0, 0.05) is 17.9 Å². The Bertz CT molecular complexity index is 1060. The van der Waals surface area contributed by atoms with E-state index in [4.69, 9.17) is 0 Å². The van der Waals surface area contributed by atoms with Crippen molar-refractivity contribution in [2.75, 3.05) is 4.90 Å². The van der Waals surface area contributed by atoms with E-state index in [0.717, 1.165) is 28.4 Å². The second kappa shape index (κ2) is 8.40. The molecule has 0 unspecified atom stereocenters. The number of rotatable bonds is 5. The van der Waals surface area contributed by atoms with Crippen LogP contribution in [0.1, 0.15) is 28.5 Å². The van der Waals surface area contributed by atoms with E-state index in [1.54, 1.807) is 35.7 Å². The molecule has 0 saturated heterocycles. The molecule has 0 atom stereocenters.